The Morgan fingerprint density at radius 3 is 2.52 bits per heavy atom. The van der Waals surface area contributed by atoms with E-state index in [1.807, 2.05) is 83.6 Å². The summed E-state index contributed by atoms with van der Waals surface area (Å²) in [7, 11) is 0. The van der Waals surface area contributed by atoms with Crippen molar-refractivity contribution in [1.29, 1.82) is 0 Å². The number of aromatic nitrogens is 6. The Bertz CT molecular complexity index is 1410. The van der Waals surface area contributed by atoms with Gasteiger partial charge in [0.25, 0.3) is 0 Å². The van der Waals surface area contributed by atoms with Crippen LogP contribution in [-0.2, 0) is 12.4 Å². The van der Waals surface area contributed by atoms with Gasteiger partial charge in [0.1, 0.15) is 12.4 Å². The van der Waals surface area contributed by atoms with Gasteiger partial charge in [0.05, 0.1) is 5.69 Å². The highest BCUT2D eigenvalue weighted by atomic mass is 32.2. The van der Waals surface area contributed by atoms with E-state index in [-0.39, 0.29) is 0 Å². The smallest absolute Gasteiger partial charge is 0.234 e. The SMILES string of the molecule is Cc1cc(C)n2cc(CSc3nnc(COc4ccccc4C)n3-c3ccccc3)nc2n1. The van der Waals surface area contributed by atoms with E-state index in [0.717, 1.165) is 50.8 Å². The molecule has 3 aromatic heterocycles. The number of nitrogens with zero attached hydrogens (tertiary/aromatic N) is 6. The average Bonchev–Trinajstić information content (AvgIpc) is 3.41. The third-order valence-corrected chi connectivity index (χ3v) is 6.29. The van der Waals surface area contributed by atoms with Gasteiger partial charge >= 0.3 is 0 Å². The van der Waals surface area contributed by atoms with Gasteiger partial charge < -0.3 is 4.74 Å². The van der Waals surface area contributed by atoms with Crippen LogP contribution in [0.4, 0.5) is 0 Å². The van der Waals surface area contributed by atoms with Crippen LogP contribution >= 0.6 is 11.8 Å². The second-order valence-corrected chi connectivity index (χ2v) is 8.80. The topological polar surface area (TPSA) is 70.1 Å². The van der Waals surface area contributed by atoms with E-state index in [1.165, 1.54) is 0 Å². The number of imidazole rings is 1. The number of rotatable bonds is 7. The highest BCUT2D eigenvalue weighted by molar-refractivity contribution is 7.98. The van der Waals surface area contributed by atoms with Crippen LogP contribution < -0.4 is 4.74 Å². The zero-order valence-corrected chi connectivity index (χ0v) is 19.6. The first-order chi connectivity index (χ1) is 16.1. The molecular formula is C25H24N6OS. The second-order valence-electron chi connectivity index (χ2n) is 7.85. The van der Waals surface area contributed by atoms with Crippen LogP contribution in [0.1, 0.15) is 28.5 Å². The fourth-order valence-corrected chi connectivity index (χ4v) is 4.57. The van der Waals surface area contributed by atoms with Crippen LogP contribution in [0.3, 0.4) is 0 Å². The molecule has 0 saturated heterocycles. The van der Waals surface area contributed by atoms with Crippen LogP contribution in [0.2, 0.25) is 0 Å². The number of fused-ring (bicyclic) bond motifs is 1. The molecule has 0 aliphatic carbocycles. The largest absolute Gasteiger partial charge is 0.485 e. The second kappa shape index (κ2) is 9.07. The van der Waals surface area contributed by atoms with Gasteiger partial charge in [-0.15, -0.1) is 10.2 Å². The van der Waals surface area contributed by atoms with Gasteiger partial charge in [0.15, 0.2) is 11.0 Å². The first kappa shape index (κ1) is 21.2. The van der Waals surface area contributed by atoms with Gasteiger partial charge in [-0.3, -0.25) is 8.97 Å². The fraction of sp³-hybridized carbons (Fsp3) is 0.200. The molecule has 0 fully saturated rings. The lowest BCUT2D eigenvalue weighted by molar-refractivity contribution is 0.291. The van der Waals surface area contributed by atoms with E-state index < -0.39 is 0 Å². The number of benzene rings is 2. The number of ether oxygens (including phenoxy) is 1. The van der Waals surface area contributed by atoms with E-state index >= 15 is 0 Å². The molecule has 8 heteroatoms. The van der Waals surface area contributed by atoms with Gasteiger partial charge in [-0.25, -0.2) is 9.97 Å². The summed E-state index contributed by atoms with van der Waals surface area (Å²) in [6.45, 7) is 6.40. The van der Waals surface area contributed by atoms with Crippen LogP contribution in [0, 0.1) is 20.8 Å². The number of thioether (sulfide) groups is 1. The van der Waals surface area contributed by atoms with Crippen molar-refractivity contribution >= 4 is 17.5 Å². The summed E-state index contributed by atoms with van der Waals surface area (Å²) in [5, 5.41) is 9.71. The molecule has 0 aliphatic heterocycles. The zero-order chi connectivity index (χ0) is 22.8. The van der Waals surface area contributed by atoms with Crippen molar-refractivity contribution in [2.75, 3.05) is 0 Å². The van der Waals surface area contributed by atoms with Crippen molar-refractivity contribution in [2.24, 2.45) is 0 Å². The van der Waals surface area contributed by atoms with Gasteiger partial charge in [0, 0.05) is 29.0 Å². The molecule has 0 N–H and O–H groups in total. The molecule has 0 aliphatic rings. The molecule has 0 atom stereocenters. The molecule has 5 rings (SSSR count). The normalized spacial score (nSPS) is 11.2. The van der Waals surface area contributed by atoms with Gasteiger partial charge in [0.2, 0.25) is 5.78 Å². The molecule has 3 heterocycles. The molecule has 0 unspecified atom stereocenters. The van der Waals surface area contributed by atoms with Crippen LogP contribution in [0.25, 0.3) is 11.5 Å². The molecular weight excluding hydrogens is 432 g/mol. The number of hydrogen-bond acceptors (Lipinski definition) is 6. The zero-order valence-electron chi connectivity index (χ0n) is 18.8. The summed E-state index contributed by atoms with van der Waals surface area (Å²) in [5.41, 5.74) is 5.11. The van der Waals surface area contributed by atoms with Crippen molar-refractivity contribution < 1.29 is 4.74 Å². The number of aryl methyl sites for hydroxylation is 3. The predicted molar refractivity (Wildman–Crippen MR) is 129 cm³/mol. The molecule has 0 radical (unpaired) electrons. The predicted octanol–water partition coefficient (Wildman–Crippen LogP) is 5.11. The standard InChI is InChI=1S/C25H24N6OS/c1-17-9-7-8-12-22(17)32-15-23-28-29-25(31(23)21-10-5-4-6-11-21)33-16-20-14-30-19(3)13-18(2)26-24(30)27-20/h4-14H,15-16H2,1-3H3. The molecule has 33 heavy (non-hydrogen) atoms. The molecule has 7 nitrogen and oxygen atoms in total. The fourth-order valence-electron chi connectivity index (χ4n) is 3.71. The minimum atomic E-state index is 0.323. The van der Waals surface area contributed by atoms with Crippen LogP contribution in [0.5, 0.6) is 5.75 Å². The minimum Gasteiger partial charge on any atom is -0.485 e. The Morgan fingerprint density at radius 1 is 0.909 bits per heavy atom. The van der Waals surface area contributed by atoms with Crippen molar-refractivity contribution in [3.8, 4) is 11.4 Å². The highest BCUT2D eigenvalue weighted by Gasteiger charge is 2.16. The van der Waals surface area contributed by atoms with Crippen LogP contribution in [-0.4, -0.2) is 29.1 Å². The monoisotopic (exact) mass is 456 g/mol. The Hall–Kier alpha value is -3.65. The minimum absolute atomic E-state index is 0.323. The van der Waals surface area contributed by atoms with E-state index in [9.17, 15) is 0 Å². The van der Waals surface area contributed by atoms with Crippen LogP contribution in [0.15, 0.2) is 72.0 Å². The van der Waals surface area contributed by atoms with Crippen molar-refractivity contribution in [1.82, 2.24) is 29.1 Å². The summed E-state index contributed by atoms with van der Waals surface area (Å²) in [6, 6.07) is 20.1. The quantitative estimate of drug-likeness (QED) is 0.317. The van der Waals surface area contributed by atoms with E-state index in [0.29, 0.717) is 12.4 Å². The summed E-state index contributed by atoms with van der Waals surface area (Å²) >= 11 is 1.60. The van der Waals surface area contributed by atoms with E-state index in [1.54, 1.807) is 11.8 Å². The van der Waals surface area contributed by atoms with Crippen molar-refractivity contribution in [3.63, 3.8) is 0 Å². The van der Waals surface area contributed by atoms with E-state index in [2.05, 4.69) is 28.2 Å². The van der Waals surface area contributed by atoms with Gasteiger partial charge in [-0.1, -0.05) is 48.2 Å². The summed E-state index contributed by atoms with van der Waals surface area (Å²) in [5.74, 6) is 2.97. The Kier molecular flexibility index (Phi) is 5.83. The third kappa shape index (κ3) is 4.47. The lowest BCUT2D eigenvalue weighted by atomic mass is 10.2. The molecule has 0 spiro atoms. The molecule has 0 bridgehead atoms. The molecule has 166 valence electrons. The highest BCUT2D eigenvalue weighted by Crippen LogP contribution is 2.26. The molecule has 0 amide bonds. The average molecular weight is 457 g/mol. The maximum Gasteiger partial charge on any atom is 0.234 e. The first-order valence-electron chi connectivity index (χ1n) is 10.7. The lowest BCUT2D eigenvalue weighted by Crippen LogP contribution is -2.07. The molecule has 0 saturated carbocycles. The van der Waals surface area contributed by atoms with Gasteiger partial charge in [-0.05, 0) is 50.6 Å². The Labute approximate surface area is 196 Å². The number of hydrogen-bond donors (Lipinski definition) is 0. The van der Waals surface area contributed by atoms with Crippen molar-refractivity contribution in [2.45, 2.75) is 38.3 Å². The molecule has 2 aromatic carbocycles. The van der Waals surface area contributed by atoms with Gasteiger partial charge in [-0.2, -0.15) is 0 Å². The Morgan fingerprint density at radius 2 is 1.70 bits per heavy atom. The van der Waals surface area contributed by atoms with Crippen molar-refractivity contribution in [3.05, 3.63) is 95.3 Å². The molecule has 5 aromatic rings. The summed E-state index contributed by atoms with van der Waals surface area (Å²) < 4.78 is 10.1. The first-order valence-corrected chi connectivity index (χ1v) is 11.7. The Balaban J connectivity index is 1.41. The van der Waals surface area contributed by atoms with E-state index in [4.69, 9.17) is 9.72 Å². The number of para-hydroxylation sites is 2. The maximum absolute atomic E-state index is 6.07. The lowest BCUT2D eigenvalue weighted by Gasteiger charge is -2.12. The summed E-state index contributed by atoms with van der Waals surface area (Å²) in [6.07, 6.45) is 2.04. The third-order valence-electron chi connectivity index (χ3n) is 5.33. The maximum atomic E-state index is 6.07. The summed E-state index contributed by atoms with van der Waals surface area (Å²) in [4.78, 5) is 9.23.